The molecule has 1 unspecified atom stereocenters. The van der Waals surface area contributed by atoms with Crippen molar-refractivity contribution in [2.24, 2.45) is 5.92 Å². The van der Waals surface area contributed by atoms with Gasteiger partial charge in [0.15, 0.2) is 0 Å². The molecule has 0 radical (unpaired) electrons. The minimum atomic E-state index is -2.20. The van der Waals surface area contributed by atoms with Crippen molar-refractivity contribution < 1.29 is 0 Å². The molecule has 2 rings (SSSR count). The third-order valence-corrected chi connectivity index (χ3v) is 23.6. The van der Waals surface area contributed by atoms with Gasteiger partial charge in [0.1, 0.15) is 0 Å². The zero-order valence-corrected chi connectivity index (χ0v) is 23.6. The number of benzene rings is 1. The normalized spacial score (nSPS) is 17.3. The molecule has 1 aromatic rings. The SMILES string of the molecule is CCC[CH2][Sn]([CH2]CCC)([CH2]CCC)[C]1=CCC(N(CC(C)C)c2ccccc2)CC1. The molecular formula is C28H49NSn. The summed E-state index contributed by atoms with van der Waals surface area (Å²) in [6.45, 7) is 13.1. The van der Waals surface area contributed by atoms with E-state index < -0.39 is 18.4 Å². The number of hydrogen-bond donors (Lipinski definition) is 0. The Morgan fingerprint density at radius 1 is 0.900 bits per heavy atom. The van der Waals surface area contributed by atoms with Gasteiger partial charge in [-0.1, -0.05) is 0 Å². The Hall–Kier alpha value is -0.441. The van der Waals surface area contributed by atoms with E-state index in [2.05, 4.69) is 75.9 Å². The Kier molecular flexibility index (Phi) is 11.9. The maximum atomic E-state index is 2.79. The zero-order chi connectivity index (χ0) is 21.8. The van der Waals surface area contributed by atoms with Gasteiger partial charge in [0.25, 0.3) is 0 Å². The van der Waals surface area contributed by atoms with Crippen LogP contribution in [0.5, 0.6) is 0 Å². The van der Waals surface area contributed by atoms with Gasteiger partial charge in [-0.05, 0) is 0 Å². The second kappa shape index (κ2) is 13.9. The van der Waals surface area contributed by atoms with E-state index in [4.69, 9.17) is 0 Å². The molecule has 1 aliphatic rings. The topological polar surface area (TPSA) is 3.24 Å². The van der Waals surface area contributed by atoms with Crippen molar-refractivity contribution in [1.29, 1.82) is 0 Å². The molecule has 0 aromatic heterocycles. The van der Waals surface area contributed by atoms with Gasteiger partial charge in [-0.3, -0.25) is 0 Å². The van der Waals surface area contributed by atoms with Crippen LogP contribution in [0, 0.1) is 5.92 Å². The summed E-state index contributed by atoms with van der Waals surface area (Å²) in [5.74, 6) is 0.701. The molecule has 1 atom stereocenters. The number of nitrogens with zero attached hydrogens (tertiary/aromatic N) is 1. The first-order chi connectivity index (χ1) is 14.6. The van der Waals surface area contributed by atoms with Gasteiger partial charge in [0.05, 0.1) is 0 Å². The van der Waals surface area contributed by atoms with Gasteiger partial charge in [0, 0.05) is 0 Å². The molecule has 0 fully saturated rings. The third-order valence-electron chi connectivity index (χ3n) is 7.18. The predicted octanol–water partition coefficient (Wildman–Crippen LogP) is 9.02. The van der Waals surface area contributed by atoms with Crippen LogP contribution in [0.2, 0.25) is 13.3 Å². The first kappa shape index (κ1) is 25.8. The zero-order valence-electron chi connectivity index (χ0n) is 20.8. The molecule has 0 aliphatic heterocycles. The monoisotopic (exact) mass is 519 g/mol. The Morgan fingerprint density at radius 3 is 1.90 bits per heavy atom. The summed E-state index contributed by atoms with van der Waals surface area (Å²) in [5, 5.41) is 0. The van der Waals surface area contributed by atoms with Gasteiger partial charge in [-0.25, -0.2) is 0 Å². The molecule has 1 nitrogen and oxygen atoms in total. The fourth-order valence-electron chi connectivity index (χ4n) is 5.47. The van der Waals surface area contributed by atoms with Crippen molar-refractivity contribution in [1.82, 2.24) is 0 Å². The van der Waals surface area contributed by atoms with Crippen LogP contribution < -0.4 is 4.90 Å². The van der Waals surface area contributed by atoms with Crippen molar-refractivity contribution in [2.75, 3.05) is 11.4 Å². The number of hydrogen-bond acceptors (Lipinski definition) is 1. The summed E-state index contributed by atoms with van der Waals surface area (Å²) in [6, 6.07) is 11.9. The number of allylic oxidation sites excluding steroid dienone is 1. The third kappa shape index (κ3) is 7.60. The standard InChI is InChI=1S/C16H22N.3C4H9.Sn/c1-14(2)13-17(15-9-5-3-6-10-15)16-11-7-4-8-12-16;3*1-3-4-2;/h3,5-7,9-10,14,16H,8,11-13H2,1-2H3;3*1,3-4H2,2H3;. The molecule has 0 bridgehead atoms. The molecule has 1 aromatic carbocycles. The van der Waals surface area contributed by atoms with Crippen molar-refractivity contribution in [3.63, 3.8) is 0 Å². The number of para-hydroxylation sites is 1. The Labute approximate surface area is 192 Å². The molecule has 0 N–H and O–H groups in total. The van der Waals surface area contributed by atoms with Crippen LogP contribution in [0.3, 0.4) is 0 Å². The van der Waals surface area contributed by atoms with E-state index >= 15 is 0 Å². The van der Waals surface area contributed by atoms with Crippen molar-refractivity contribution in [3.8, 4) is 0 Å². The first-order valence-electron chi connectivity index (χ1n) is 13.1. The Bertz CT molecular complexity index is 585. The van der Waals surface area contributed by atoms with E-state index in [1.807, 2.05) is 3.59 Å². The molecule has 1 aliphatic carbocycles. The van der Waals surface area contributed by atoms with Crippen molar-refractivity contribution in [2.45, 2.75) is 112 Å². The van der Waals surface area contributed by atoms with E-state index in [-0.39, 0.29) is 0 Å². The van der Waals surface area contributed by atoms with E-state index in [9.17, 15) is 0 Å². The maximum absolute atomic E-state index is 2.79. The fourth-order valence-corrected chi connectivity index (χ4v) is 22.7. The van der Waals surface area contributed by atoms with Crippen LogP contribution in [0.25, 0.3) is 0 Å². The van der Waals surface area contributed by atoms with Crippen LogP contribution in [-0.4, -0.2) is 31.0 Å². The van der Waals surface area contributed by atoms with Crippen LogP contribution in [-0.2, 0) is 0 Å². The second-order valence-corrected chi connectivity index (χ2v) is 23.6. The average molecular weight is 518 g/mol. The number of unbranched alkanes of at least 4 members (excludes halogenated alkanes) is 3. The van der Waals surface area contributed by atoms with Gasteiger partial charge >= 0.3 is 193 Å². The van der Waals surface area contributed by atoms with Crippen LogP contribution >= 0.6 is 0 Å². The Balaban J connectivity index is 2.22. The molecule has 2 heteroatoms. The summed E-state index contributed by atoms with van der Waals surface area (Å²) in [5.41, 5.74) is 1.42. The summed E-state index contributed by atoms with van der Waals surface area (Å²) >= 11 is -2.20. The van der Waals surface area contributed by atoms with Gasteiger partial charge < -0.3 is 0 Å². The van der Waals surface area contributed by atoms with Crippen LogP contribution in [0.15, 0.2) is 40.0 Å². The fraction of sp³-hybridized carbons (Fsp3) is 0.714. The molecule has 0 saturated carbocycles. The van der Waals surface area contributed by atoms with Gasteiger partial charge in [0.2, 0.25) is 0 Å². The second-order valence-electron chi connectivity index (χ2n) is 10.1. The van der Waals surface area contributed by atoms with Crippen LogP contribution in [0.1, 0.15) is 92.4 Å². The molecular weight excluding hydrogens is 469 g/mol. The minimum absolute atomic E-state index is 0.686. The molecule has 0 heterocycles. The predicted molar refractivity (Wildman–Crippen MR) is 139 cm³/mol. The first-order valence-corrected chi connectivity index (χ1v) is 20.6. The van der Waals surface area contributed by atoms with E-state index in [0.717, 1.165) is 0 Å². The quantitative estimate of drug-likeness (QED) is 0.222. The average Bonchev–Trinajstić information content (AvgIpc) is 2.78. The van der Waals surface area contributed by atoms with Gasteiger partial charge in [-0.15, -0.1) is 0 Å². The van der Waals surface area contributed by atoms with Crippen LogP contribution in [0.4, 0.5) is 5.69 Å². The molecule has 30 heavy (non-hydrogen) atoms. The molecule has 0 amide bonds. The van der Waals surface area contributed by atoms with Gasteiger partial charge in [-0.2, -0.15) is 0 Å². The molecule has 0 spiro atoms. The molecule has 0 saturated heterocycles. The number of anilines is 1. The van der Waals surface area contributed by atoms with Crippen molar-refractivity contribution in [3.05, 3.63) is 40.0 Å². The van der Waals surface area contributed by atoms with E-state index in [1.54, 1.807) is 13.3 Å². The summed E-state index contributed by atoms with van der Waals surface area (Å²) < 4.78 is 6.90. The summed E-state index contributed by atoms with van der Waals surface area (Å²) in [7, 11) is 0. The van der Waals surface area contributed by atoms with E-state index in [1.165, 1.54) is 70.0 Å². The number of rotatable bonds is 14. The summed E-state index contributed by atoms with van der Waals surface area (Å²) in [6.07, 6.45) is 15.4. The summed E-state index contributed by atoms with van der Waals surface area (Å²) in [4.78, 5) is 2.72. The Morgan fingerprint density at radius 2 is 1.47 bits per heavy atom. The van der Waals surface area contributed by atoms with Crippen molar-refractivity contribution >= 4 is 24.1 Å². The van der Waals surface area contributed by atoms with E-state index in [0.29, 0.717) is 12.0 Å². The molecule has 170 valence electrons.